The van der Waals surface area contributed by atoms with Crippen LogP contribution in [0.3, 0.4) is 0 Å². The van der Waals surface area contributed by atoms with Crippen LogP contribution in [0.5, 0.6) is 0 Å². The van der Waals surface area contributed by atoms with E-state index in [1.165, 1.54) is 64.0 Å². The number of hydrogen-bond acceptors (Lipinski definition) is 3. The quantitative estimate of drug-likeness (QED) is 0.157. The Balaban J connectivity index is 1.09. The molecule has 59 heavy (non-hydrogen) atoms. The van der Waals surface area contributed by atoms with Gasteiger partial charge >= 0.3 is 0 Å². The Morgan fingerprint density at radius 2 is 0.983 bits per heavy atom. The molecule has 2 heterocycles. The molecule has 2 nitrogen and oxygen atoms in total. The first-order valence-electron chi connectivity index (χ1n) is 20.1. The van der Waals surface area contributed by atoms with Crippen molar-refractivity contribution in [2.75, 3.05) is 4.90 Å². The maximum atomic E-state index is 6.58. The minimum atomic E-state index is 0.870. The van der Waals surface area contributed by atoms with Gasteiger partial charge in [-0.1, -0.05) is 152 Å². The molecule has 0 fully saturated rings. The molecule has 0 unspecified atom stereocenters. The third kappa shape index (κ3) is 5.55. The Kier molecular flexibility index (Phi) is 7.75. The molecule has 3 heteroatoms. The third-order valence-corrected chi connectivity index (χ3v) is 13.0. The first-order chi connectivity index (χ1) is 29.2. The van der Waals surface area contributed by atoms with E-state index >= 15 is 0 Å². The zero-order valence-corrected chi connectivity index (χ0v) is 32.8. The Hall–Kier alpha value is -7.46. The summed E-state index contributed by atoms with van der Waals surface area (Å²) in [6.45, 7) is 0. The van der Waals surface area contributed by atoms with E-state index in [4.69, 9.17) is 4.42 Å². The Bertz CT molecular complexity index is 3540. The fourth-order valence-corrected chi connectivity index (χ4v) is 10.3. The second kappa shape index (κ2) is 13.6. The fraction of sp³-hybridized carbons (Fsp3) is 0. The van der Waals surface area contributed by atoms with Gasteiger partial charge in [0.15, 0.2) is 0 Å². The van der Waals surface area contributed by atoms with E-state index in [9.17, 15) is 0 Å². The number of para-hydroxylation sites is 1. The van der Waals surface area contributed by atoms with Crippen LogP contribution in [0.25, 0.3) is 97.0 Å². The van der Waals surface area contributed by atoms with Crippen molar-refractivity contribution in [1.29, 1.82) is 0 Å². The monoisotopic (exact) mass is 769 g/mol. The second-order valence-corrected chi connectivity index (χ2v) is 16.3. The van der Waals surface area contributed by atoms with Crippen molar-refractivity contribution >= 4 is 92.1 Å². The van der Waals surface area contributed by atoms with Crippen LogP contribution in [0.4, 0.5) is 17.1 Å². The lowest BCUT2D eigenvalue weighted by molar-refractivity contribution is 0.669. The van der Waals surface area contributed by atoms with Crippen LogP contribution in [0, 0.1) is 0 Å². The molecule has 0 saturated heterocycles. The van der Waals surface area contributed by atoms with Crippen LogP contribution in [0.2, 0.25) is 0 Å². The van der Waals surface area contributed by atoms with Gasteiger partial charge < -0.3 is 9.32 Å². The molecule has 0 saturated carbocycles. The van der Waals surface area contributed by atoms with Gasteiger partial charge in [0.05, 0.1) is 5.69 Å². The molecule has 12 rings (SSSR count). The maximum absolute atomic E-state index is 6.58. The van der Waals surface area contributed by atoms with Crippen molar-refractivity contribution in [3.63, 3.8) is 0 Å². The van der Waals surface area contributed by atoms with E-state index in [0.717, 1.165) is 50.1 Å². The minimum Gasteiger partial charge on any atom is -0.456 e. The van der Waals surface area contributed by atoms with Gasteiger partial charge in [0.2, 0.25) is 0 Å². The third-order valence-electron chi connectivity index (χ3n) is 11.9. The van der Waals surface area contributed by atoms with E-state index in [0.29, 0.717) is 0 Å². The van der Waals surface area contributed by atoms with Gasteiger partial charge in [-0.25, -0.2) is 0 Å². The fourth-order valence-electron chi connectivity index (χ4n) is 9.12. The van der Waals surface area contributed by atoms with Crippen molar-refractivity contribution < 1.29 is 4.42 Å². The summed E-state index contributed by atoms with van der Waals surface area (Å²) in [5.74, 6) is 0. The number of rotatable bonds is 6. The predicted molar refractivity (Wildman–Crippen MR) is 253 cm³/mol. The number of fused-ring (bicyclic) bond motifs is 9. The van der Waals surface area contributed by atoms with Gasteiger partial charge in [0.1, 0.15) is 11.2 Å². The highest BCUT2D eigenvalue weighted by Gasteiger charge is 2.23. The van der Waals surface area contributed by atoms with Crippen molar-refractivity contribution in [3.8, 4) is 33.4 Å². The van der Waals surface area contributed by atoms with Gasteiger partial charge in [0, 0.05) is 47.9 Å². The molecule has 0 radical (unpaired) electrons. The summed E-state index contributed by atoms with van der Waals surface area (Å²) in [4.78, 5) is 2.42. The van der Waals surface area contributed by atoms with E-state index in [-0.39, 0.29) is 0 Å². The molecule has 276 valence electrons. The topological polar surface area (TPSA) is 16.4 Å². The predicted octanol–water partition coefficient (Wildman–Crippen LogP) is 16.7. The Morgan fingerprint density at radius 1 is 0.356 bits per heavy atom. The summed E-state index contributed by atoms with van der Waals surface area (Å²) in [6, 6.07) is 77.0. The van der Waals surface area contributed by atoms with Gasteiger partial charge in [-0.15, -0.1) is 11.3 Å². The first kappa shape index (κ1) is 33.7. The number of benzene rings is 10. The zero-order valence-electron chi connectivity index (χ0n) is 32.0. The molecule has 0 aliphatic rings. The molecule has 0 amide bonds. The molecular weight excluding hydrogens is 735 g/mol. The summed E-state index contributed by atoms with van der Waals surface area (Å²) in [6.07, 6.45) is 0. The molecule has 2 aromatic heterocycles. The lowest BCUT2D eigenvalue weighted by Gasteiger charge is -2.29. The molecule has 0 aliphatic heterocycles. The SMILES string of the molecule is c1ccc(-c2ccc(N(c3ccc(-c4cccc5sc6ccccc6c45)cc3)c3ccc4oc5ccccc5c4c3-c3ccc4c(ccc5ccccc54)c3)cc2)cc1. The normalized spacial score (nSPS) is 11.7. The summed E-state index contributed by atoms with van der Waals surface area (Å²) < 4.78 is 9.20. The average Bonchev–Trinajstić information content (AvgIpc) is 3.88. The zero-order chi connectivity index (χ0) is 38.9. The van der Waals surface area contributed by atoms with Crippen molar-refractivity contribution in [2.45, 2.75) is 0 Å². The number of hydrogen-bond donors (Lipinski definition) is 0. The van der Waals surface area contributed by atoms with Crippen LogP contribution in [0.15, 0.2) is 217 Å². The van der Waals surface area contributed by atoms with E-state index in [1.807, 2.05) is 17.4 Å². The summed E-state index contributed by atoms with van der Waals surface area (Å²) in [5.41, 5.74) is 12.1. The first-order valence-corrected chi connectivity index (χ1v) is 20.9. The van der Waals surface area contributed by atoms with Gasteiger partial charge in [0.25, 0.3) is 0 Å². The molecule has 0 spiro atoms. The minimum absolute atomic E-state index is 0.870. The highest BCUT2D eigenvalue weighted by atomic mass is 32.1. The van der Waals surface area contributed by atoms with Crippen LogP contribution in [-0.2, 0) is 0 Å². The average molecular weight is 770 g/mol. The van der Waals surface area contributed by atoms with E-state index in [2.05, 4.69) is 211 Å². The van der Waals surface area contributed by atoms with Crippen molar-refractivity contribution in [3.05, 3.63) is 212 Å². The smallest absolute Gasteiger partial charge is 0.136 e. The summed E-state index contributed by atoms with van der Waals surface area (Å²) in [7, 11) is 0. The Labute approximate surface area is 345 Å². The molecule has 10 aromatic carbocycles. The van der Waals surface area contributed by atoms with Crippen molar-refractivity contribution in [1.82, 2.24) is 0 Å². The maximum Gasteiger partial charge on any atom is 0.136 e. The van der Waals surface area contributed by atoms with Crippen LogP contribution in [-0.4, -0.2) is 0 Å². The van der Waals surface area contributed by atoms with Crippen LogP contribution >= 0.6 is 11.3 Å². The standard InChI is InChI=1S/C56H35NOS/c1-2-11-36(12-3-1)37-23-28-42(29-24-37)57(43-30-25-39(26-31-43)46-17-10-20-53-55(46)48-16-7-9-19-52(48)59-53)49-33-34-51-56(47-15-6-8-18-50(47)58-51)54(49)41-27-32-45-40(35-41)22-21-38-13-4-5-14-44(38)45/h1-35H. The molecular formula is C56H35NOS. The highest BCUT2D eigenvalue weighted by molar-refractivity contribution is 7.25. The second-order valence-electron chi connectivity index (χ2n) is 15.2. The van der Waals surface area contributed by atoms with Gasteiger partial charge in [-0.2, -0.15) is 0 Å². The largest absolute Gasteiger partial charge is 0.456 e. The van der Waals surface area contributed by atoms with Crippen LogP contribution < -0.4 is 4.90 Å². The highest BCUT2D eigenvalue weighted by Crippen LogP contribution is 2.48. The number of anilines is 3. The number of nitrogens with zero attached hydrogens (tertiary/aromatic N) is 1. The molecule has 12 aromatic rings. The lowest BCUT2D eigenvalue weighted by atomic mass is 9.93. The summed E-state index contributed by atoms with van der Waals surface area (Å²) in [5, 5.41) is 9.79. The molecule has 0 bridgehead atoms. The van der Waals surface area contributed by atoms with Crippen molar-refractivity contribution in [2.24, 2.45) is 0 Å². The van der Waals surface area contributed by atoms with Crippen LogP contribution in [0.1, 0.15) is 0 Å². The van der Waals surface area contributed by atoms with E-state index < -0.39 is 0 Å². The Morgan fingerprint density at radius 3 is 1.81 bits per heavy atom. The molecule has 0 aliphatic carbocycles. The van der Waals surface area contributed by atoms with Gasteiger partial charge in [-0.05, 0) is 110 Å². The summed E-state index contributed by atoms with van der Waals surface area (Å²) >= 11 is 1.86. The number of furan rings is 1. The van der Waals surface area contributed by atoms with E-state index in [1.54, 1.807) is 0 Å². The molecule has 0 N–H and O–H groups in total. The lowest BCUT2D eigenvalue weighted by Crippen LogP contribution is -2.11. The van der Waals surface area contributed by atoms with Gasteiger partial charge in [-0.3, -0.25) is 0 Å². The number of thiophene rings is 1. The molecule has 0 atom stereocenters.